The molecular weight excluding hydrogens is 206 g/mol. The van der Waals surface area contributed by atoms with Gasteiger partial charge in [-0.25, -0.2) is 0 Å². The van der Waals surface area contributed by atoms with Crippen molar-refractivity contribution >= 4 is 15.8 Å². The highest BCUT2D eigenvalue weighted by molar-refractivity contribution is 7.85. The van der Waals surface area contributed by atoms with Crippen LogP contribution in [0.4, 0.5) is 5.69 Å². The second kappa shape index (κ2) is 4.30. The summed E-state index contributed by atoms with van der Waals surface area (Å²) in [7, 11) is -3.91. The zero-order chi connectivity index (χ0) is 10.6. The minimum absolute atomic E-state index is 0.129. The number of rotatable bonds is 4. The molecule has 1 aromatic carbocycles. The van der Waals surface area contributed by atoms with Crippen molar-refractivity contribution in [2.24, 2.45) is 0 Å². The number of benzene rings is 1. The monoisotopic (exact) mass is 217 g/mol. The number of nitrogens with one attached hydrogen (secondary N) is 1. The Balaban J connectivity index is 2.43. The molecule has 1 rings (SSSR count). The van der Waals surface area contributed by atoms with Crippen molar-refractivity contribution in [2.75, 3.05) is 17.6 Å². The molecule has 0 aliphatic carbocycles. The van der Waals surface area contributed by atoms with Crippen molar-refractivity contribution in [3.8, 4) is 5.75 Å². The summed E-state index contributed by atoms with van der Waals surface area (Å²) in [5.41, 5.74) is 0.687. The molecule has 5 nitrogen and oxygen atoms in total. The highest BCUT2D eigenvalue weighted by Gasteiger charge is 2.02. The van der Waals surface area contributed by atoms with Gasteiger partial charge in [0.05, 0.1) is 5.75 Å². The molecule has 1 aromatic rings. The third-order valence-corrected chi connectivity index (χ3v) is 2.28. The molecule has 0 amide bonds. The third kappa shape index (κ3) is 4.11. The van der Waals surface area contributed by atoms with E-state index in [1.807, 2.05) is 0 Å². The molecule has 0 spiro atoms. The summed E-state index contributed by atoms with van der Waals surface area (Å²) < 4.78 is 29.1. The Morgan fingerprint density at radius 2 is 1.79 bits per heavy atom. The van der Waals surface area contributed by atoms with Gasteiger partial charge >= 0.3 is 0 Å². The molecule has 0 atom stereocenters. The molecule has 3 N–H and O–H groups in total. The Hall–Kier alpha value is -1.27. The van der Waals surface area contributed by atoms with Crippen molar-refractivity contribution in [3.63, 3.8) is 0 Å². The Morgan fingerprint density at radius 3 is 2.29 bits per heavy atom. The van der Waals surface area contributed by atoms with Crippen LogP contribution in [0.15, 0.2) is 24.3 Å². The lowest BCUT2D eigenvalue weighted by molar-refractivity contribution is 0.475. The summed E-state index contributed by atoms with van der Waals surface area (Å²) in [6.45, 7) is 0.129. The van der Waals surface area contributed by atoms with E-state index in [9.17, 15) is 8.42 Å². The first-order chi connectivity index (χ1) is 6.47. The van der Waals surface area contributed by atoms with Crippen molar-refractivity contribution in [1.29, 1.82) is 0 Å². The smallest absolute Gasteiger partial charge is 0.266 e. The highest BCUT2D eigenvalue weighted by Crippen LogP contribution is 2.13. The predicted octanol–water partition coefficient (Wildman–Crippen LogP) is 0.692. The van der Waals surface area contributed by atoms with Crippen LogP contribution in [0.1, 0.15) is 0 Å². The molecular formula is C8H11NO4S. The summed E-state index contributed by atoms with van der Waals surface area (Å²) >= 11 is 0. The molecule has 0 heterocycles. The minimum atomic E-state index is -3.91. The van der Waals surface area contributed by atoms with Crippen LogP contribution in [-0.4, -0.2) is 30.4 Å². The van der Waals surface area contributed by atoms with E-state index < -0.39 is 10.1 Å². The van der Waals surface area contributed by atoms with Gasteiger partial charge in [0.2, 0.25) is 0 Å². The lowest BCUT2D eigenvalue weighted by atomic mass is 10.3. The molecule has 0 aliphatic heterocycles. The second-order valence-corrected chi connectivity index (χ2v) is 4.33. The summed E-state index contributed by atoms with van der Waals surface area (Å²) in [5.74, 6) is -0.196. The minimum Gasteiger partial charge on any atom is -0.508 e. The summed E-state index contributed by atoms with van der Waals surface area (Å²) in [4.78, 5) is 0. The first kappa shape index (κ1) is 10.8. The topological polar surface area (TPSA) is 86.6 Å². The molecule has 0 unspecified atom stereocenters. The van der Waals surface area contributed by atoms with Gasteiger partial charge in [0.15, 0.2) is 0 Å². The SMILES string of the molecule is O=S(=O)(O)CCNc1ccc(O)cc1. The number of phenols is 1. The maximum absolute atomic E-state index is 10.4. The van der Waals surface area contributed by atoms with Gasteiger partial charge in [0, 0.05) is 12.2 Å². The fourth-order valence-corrected chi connectivity index (χ4v) is 1.26. The standard InChI is InChI=1S/C8H11NO4S/c10-8-3-1-7(2-4-8)9-5-6-14(11,12)13/h1-4,9-10H,5-6H2,(H,11,12,13). The molecule has 78 valence electrons. The van der Waals surface area contributed by atoms with Gasteiger partial charge in [-0.1, -0.05) is 0 Å². The first-order valence-electron chi connectivity index (χ1n) is 3.95. The Bertz CT molecular complexity index is 384. The van der Waals surface area contributed by atoms with Crippen LogP contribution >= 0.6 is 0 Å². The number of aromatic hydroxyl groups is 1. The molecule has 0 fully saturated rings. The highest BCUT2D eigenvalue weighted by atomic mass is 32.2. The lowest BCUT2D eigenvalue weighted by Crippen LogP contribution is -2.14. The molecule has 14 heavy (non-hydrogen) atoms. The van der Waals surface area contributed by atoms with E-state index in [-0.39, 0.29) is 18.0 Å². The van der Waals surface area contributed by atoms with E-state index in [2.05, 4.69) is 5.32 Å². The van der Waals surface area contributed by atoms with E-state index in [4.69, 9.17) is 9.66 Å². The normalized spacial score (nSPS) is 11.2. The van der Waals surface area contributed by atoms with Crippen LogP contribution in [-0.2, 0) is 10.1 Å². The Labute approximate surface area is 82.1 Å². The van der Waals surface area contributed by atoms with Gasteiger partial charge < -0.3 is 10.4 Å². The Kier molecular flexibility index (Phi) is 3.32. The summed E-state index contributed by atoms with van der Waals surface area (Å²) in [6.07, 6.45) is 0. The fraction of sp³-hybridized carbons (Fsp3) is 0.250. The lowest BCUT2D eigenvalue weighted by Gasteiger charge is -2.04. The van der Waals surface area contributed by atoms with Crippen LogP contribution in [0.3, 0.4) is 0 Å². The van der Waals surface area contributed by atoms with Gasteiger partial charge in [0.25, 0.3) is 10.1 Å². The Morgan fingerprint density at radius 1 is 1.21 bits per heavy atom. The molecule has 0 saturated carbocycles. The number of anilines is 1. The van der Waals surface area contributed by atoms with Crippen molar-refractivity contribution in [1.82, 2.24) is 0 Å². The van der Waals surface area contributed by atoms with E-state index in [0.29, 0.717) is 5.69 Å². The van der Waals surface area contributed by atoms with Crippen LogP contribution in [0, 0.1) is 0 Å². The van der Waals surface area contributed by atoms with E-state index in [1.165, 1.54) is 12.1 Å². The third-order valence-electron chi connectivity index (χ3n) is 1.56. The summed E-state index contributed by atoms with van der Waals surface area (Å²) in [6, 6.07) is 6.18. The average Bonchev–Trinajstić information content (AvgIpc) is 2.06. The number of phenolic OH excluding ortho intramolecular Hbond substituents is 1. The number of hydrogen-bond acceptors (Lipinski definition) is 4. The van der Waals surface area contributed by atoms with Crippen LogP contribution in [0.2, 0.25) is 0 Å². The van der Waals surface area contributed by atoms with Crippen molar-refractivity contribution < 1.29 is 18.1 Å². The zero-order valence-electron chi connectivity index (χ0n) is 7.34. The van der Waals surface area contributed by atoms with Crippen molar-refractivity contribution in [2.45, 2.75) is 0 Å². The number of hydrogen-bond donors (Lipinski definition) is 3. The zero-order valence-corrected chi connectivity index (χ0v) is 8.16. The van der Waals surface area contributed by atoms with E-state index in [1.54, 1.807) is 12.1 Å². The molecule has 0 radical (unpaired) electrons. The molecule has 0 saturated heterocycles. The van der Waals surface area contributed by atoms with Gasteiger partial charge in [-0.15, -0.1) is 0 Å². The van der Waals surface area contributed by atoms with Crippen LogP contribution in [0.25, 0.3) is 0 Å². The second-order valence-electron chi connectivity index (χ2n) is 2.76. The summed E-state index contributed by atoms with van der Waals surface area (Å²) in [5, 5.41) is 11.7. The fourth-order valence-electron chi connectivity index (χ4n) is 0.904. The maximum atomic E-state index is 10.4. The first-order valence-corrected chi connectivity index (χ1v) is 5.56. The average molecular weight is 217 g/mol. The van der Waals surface area contributed by atoms with Gasteiger partial charge in [0.1, 0.15) is 5.75 Å². The van der Waals surface area contributed by atoms with Gasteiger partial charge in [-0.2, -0.15) is 8.42 Å². The maximum Gasteiger partial charge on any atom is 0.266 e. The molecule has 6 heteroatoms. The molecule has 0 aliphatic rings. The predicted molar refractivity (Wildman–Crippen MR) is 53.0 cm³/mol. The van der Waals surface area contributed by atoms with Crippen LogP contribution < -0.4 is 5.32 Å². The quantitative estimate of drug-likeness (QED) is 0.510. The molecule has 0 bridgehead atoms. The van der Waals surface area contributed by atoms with Gasteiger partial charge in [-0.05, 0) is 24.3 Å². The molecule has 0 aromatic heterocycles. The van der Waals surface area contributed by atoms with Gasteiger partial charge in [-0.3, -0.25) is 4.55 Å². The van der Waals surface area contributed by atoms with Crippen molar-refractivity contribution in [3.05, 3.63) is 24.3 Å². The van der Waals surface area contributed by atoms with Crippen LogP contribution in [0.5, 0.6) is 5.75 Å². The van der Waals surface area contributed by atoms with E-state index in [0.717, 1.165) is 0 Å². The largest absolute Gasteiger partial charge is 0.508 e. The van der Waals surface area contributed by atoms with E-state index >= 15 is 0 Å².